The minimum Gasteiger partial charge on any atom is -0.496 e. The van der Waals surface area contributed by atoms with Gasteiger partial charge in [0.2, 0.25) is 0 Å². The molecule has 2 aliphatic rings. The molecule has 0 spiro atoms. The van der Waals surface area contributed by atoms with Crippen LogP contribution in [0.3, 0.4) is 0 Å². The van der Waals surface area contributed by atoms with Crippen molar-refractivity contribution in [1.82, 2.24) is 10.2 Å². The average Bonchev–Trinajstić information content (AvgIpc) is 3.51. The summed E-state index contributed by atoms with van der Waals surface area (Å²) >= 11 is 5.62. The van der Waals surface area contributed by atoms with Gasteiger partial charge in [-0.2, -0.15) is 0 Å². The molecule has 0 radical (unpaired) electrons. The number of benzene rings is 1. The molecule has 1 aromatic carbocycles. The zero-order valence-electron chi connectivity index (χ0n) is 16.8. The molecule has 7 nitrogen and oxygen atoms in total. The standard InChI is InChI=1S/C20H26N2O5S/c1-6-27-19(23)17-11(2)22(12-7-8-12)20(28)21-18(17)13-9-15(25-4)16(26-5)10-14(13)24-3/h9-10,12,18H,6-8H2,1-5H3,(H,21,28). The Bertz CT molecular complexity index is 819. The maximum Gasteiger partial charge on any atom is 0.338 e. The first kappa shape index (κ1) is 20.3. The number of carbonyl (C=O) groups excluding carboxylic acids is 1. The van der Waals surface area contributed by atoms with Crippen LogP contribution in [0, 0.1) is 0 Å². The van der Waals surface area contributed by atoms with Crippen LogP contribution in [0.4, 0.5) is 0 Å². The molecular formula is C20H26N2O5S. The Labute approximate surface area is 170 Å². The molecule has 28 heavy (non-hydrogen) atoms. The lowest BCUT2D eigenvalue weighted by molar-refractivity contribution is -0.139. The first-order valence-corrected chi connectivity index (χ1v) is 9.65. The number of methoxy groups -OCH3 is 3. The lowest BCUT2D eigenvalue weighted by Crippen LogP contribution is -2.48. The van der Waals surface area contributed by atoms with Gasteiger partial charge in [-0.15, -0.1) is 0 Å². The summed E-state index contributed by atoms with van der Waals surface area (Å²) in [7, 11) is 4.70. The topological polar surface area (TPSA) is 69.3 Å². The Hall–Kier alpha value is -2.48. The van der Waals surface area contributed by atoms with Gasteiger partial charge in [-0.3, -0.25) is 0 Å². The zero-order valence-corrected chi connectivity index (χ0v) is 17.6. The van der Waals surface area contributed by atoms with Gasteiger partial charge in [0.25, 0.3) is 0 Å². The lowest BCUT2D eigenvalue weighted by Gasteiger charge is -2.38. The molecule has 8 heteroatoms. The van der Waals surface area contributed by atoms with Crippen LogP contribution in [-0.2, 0) is 9.53 Å². The highest BCUT2D eigenvalue weighted by atomic mass is 32.1. The van der Waals surface area contributed by atoms with Crippen LogP contribution >= 0.6 is 12.2 Å². The molecule has 1 atom stereocenters. The summed E-state index contributed by atoms with van der Waals surface area (Å²) in [4.78, 5) is 14.9. The van der Waals surface area contributed by atoms with Crippen molar-refractivity contribution in [3.05, 3.63) is 29.0 Å². The lowest BCUT2D eigenvalue weighted by atomic mass is 9.93. The molecule has 0 amide bonds. The van der Waals surface area contributed by atoms with E-state index in [-0.39, 0.29) is 5.97 Å². The highest BCUT2D eigenvalue weighted by Crippen LogP contribution is 2.43. The Morgan fingerprint density at radius 1 is 1.14 bits per heavy atom. The van der Waals surface area contributed by atoms with Gasteiger partial charge in [-0.25, -0.2) is 4.79 Å². The molecule has 0 bridgehead atoms. The van der Waals surface area contributed by atoms with E-state index in [9.17, 15) is 4.79 Å². The van der Waals surface area contributed by atoms with Crippen molar-refractivity contribution < 1.29 is 23.7 Å². The van der Waals surface area contributed by atoms with Crippen molar-refractivity contribution in [1.29, 1.82) is 0 Å². The van der Waals surface area contributed by atoms with E-state index >= 15 is 0 Å². The smallest absolute Gasteiger partial charge is 0.338 e. The number of ether oxygens (including phenoxy) is 4. The monoisotopic (exact) mass is 406 g/mol. The number of hydrogen-bond acceptors (Lipinski definition) is 6. The number of thiocarbonyl (C=S) groups is 1. The summed E-state index contributed by atoms with van der Waals surface area (Å²) in [5, 5.41) is 3.90. The van der Waals surface area contributed by atoms with E-state index in [0.717, 1.165) is 24.1 Å². The second-order valence-electron chi connectivity index (χ2n) is 6.65. The van der Waals surface area contributed by atoms with E-state index < -0.39 is 6.04 Å². The van der Waals surface area contributed by atoms with Crippen LogP contribution in [0.5, 0.6) is 17.2 Å². The Morgan fingerprint density at radius 3 is 2.29 bits per heavy atom. The van der Waals surface area contributed by atoms with Crippen molar-refractivity contribution in [2.75, 3.05) is 27.9 Å². The van der Waals surface area contributed by atoms with E-state index in [1.165, 1.54) is 0 Å². The number of carbonyl (C=O) groups is 1. The number of hydrogen-bond donors (Lipinski definition) is 1. The first-order valence-electron chi connectivity index (χ1n) is 9.24. The Kier molecular flexibility index (Phi) is 5.98. The van der Waals surface area contributed by atoms with Crippen LogP contribution < -0.4 is 19.5 Å². The summed E-state index contributed by atoms with van der Waals surface area (Å²) in [6.07, 6.45) is 2.11. The fourth-order valence-electron chi connectivity index (χ4n) is 3.51. The van der Waals surface area contributed by atoms with Gasteiger partial charge in [0, 0.05) is 23.4 Å². The van der Waals surface area contributed by atoms with E-state index in [1.807, 2.05) is 11.8 Å². The fraction of sp³-hybridized carbons (Fsp3) is 0.500. The second-order valence-corrected chi connectivity index (χ2v) is 7.04. The van der Waals surface area contributed by atoms with Crippen LogP contribution in [0.15, 0.2) is 23.4 Å². The predicted molar refractivity (Wildman–Crippen MR) is 109 cm³/mol. The number of nitrogens with one attached hydrogen (secondary N) is 1. The maximum absolute atomic E-state index is 12.9. The van der Waals surface area contributed by atoms with Crippen molar-refractivity contribution in [3.8, 4) is 17.2 Å². The third-order valence-electron chi connectivity index (χ3n) is 4.98. The molecule has 1 N–H and O–H groups in total. The average molecular weight is 407 g/mol. The minimum atomic E-state index is -0.517. The molecule has 1 heterocycles. The molecule has 1 aromatic rings. The molecule has 1 aliphatic carbocycles. The third-order valence-corrected chi connectivity index (χ3v) is 5.30. The molecule has 1 saturated carbocycles. The quantitative estimate of drug-likeness (QED) is 0.548. The van der Waals surface area contributed by atoms with Crippen molar-refractivity contribution >= 4 is 23.3 Å². The van der Waals surface area contributed by atoms with Gasteiger partial charge in [-0.1, -0.05) is 0 Å². The van der Waals surface area contributed by atoms with Gasteiger partial charge in [0.15, 0.2) is 16.6 Å². The number of esters is 1. The first-order chi connectivity index (χ1) is 13.5. The van der Waals surface area contributed by atoms with Gasteiger partial charge in [0.1, 0.15) is 5.75 Å². The molecule has 1 unspecified atom stereocenters. The number of rotatable bonds is 7. The van der Waals surface area contributed by atoms with Crippen molar-refractivity contribution in [3.63, 3.8) is 0 Å². The van der Waals surface area contributed by atoms with Crippen LogP contribution in [0.1, 0.15) is 38.3 Å². The van der Waals surface area contributed by atoms with E-state index in [2.05, 4.69) is 5.32 Å². The minimum absolute atomic E-state index is 0.291. The fourth-order valence-corrected chi connectivity index (χ4v) is 3.92. The van der Waals surface area contributed by atoms with Gasteiger partial charge < -0.3 is 29.2 Å². The molecule has 3 rings (SSSR count). The Balaban J connectivity index is 2.15. The predicted octanol–water partition coefficient (Wildman–Crippen LogP) is 2.94. The SMILES string of the molecule is CCOC(=O)C1=C(C)N(C2CC2)C(=S)NC1c1cc(OC)c(OC)cc1OC. The third kappa shape index (κ3) is 3.61. The van der Waals surface area contributed by atoms with Gasteiger partial charge in [0.05, 0.1) is 39.6 Å². The summed E-state index contributed by atoms with van der Waals surface area (Å²) in [6, 6.07) is 3.36. The van der Waals surface area contributed by atoms with Gasteiger partial charge >= 0.3 is 5.97 Å². The molecular weight excluding hydrogens is 380 g/mol. The van der Waals surface area contributed by atoms with Crippen LogP contribution in [-0.4, -0.2) is 50.0 Å². The second kappa shape index (κ2) is 8.26. The zero-order chi connectivity index (χ0) is 20.4. The molecule has 1 aliphatic heterocycles. The molecule has 0 aromatic heterocycles. The van der Waals surface area contributed by atoms with Crippen LogP contribution in [0.25, 0.3) is 0 Å². The van der Waals surface area contributed by atoms with E-state index in [4.69, 9.17) is 31.2 Å². The van der Waals surface area contributed by atoms with Crippen molar-refractivity contribution in [2.24, 2.45) is 0 Å². The molecule has 0 saturated heterocycles. The summed E-state index contributed by atoms with van der Waals surface area (Å²) in [5.74, 6) is 1.27. The van der Waals surface area contributed by atoms with E-state index in [0.29, 0.717) is 40.6 Å². The number of nitrogens with zero attached hydrogens (tertiary/aromatic N) is 1. The van der Waals surface area contributed by atoms with E-state index in [1.54, 1.807) is 40.4 Å². The Morgan fingerprint density at radius 2 is 1.75 bits per heavy atom. The normalized spacial score (nSPS) is 19.2. The highest BCUT2D eigenvalue weighted by Gasteiger charge is 2.41. The number of allylic oxidation sites excluding steroid dienone is 1. The largest absolute Gasteiger partial charge is 0.496 e. The van der Waals surface area contributed by atoms with Gasteiger partial charge in [-0.05, 0) is 45.0 Å². The van der Waals surface area contributed by atoms with Crippen LogP contribution in [0.2, 0.25) is 0 Å². The van der Waals surface area contributed by atoms with Crippen molar-refractivity contribution in [2.45, 2.75) is 38.8 Å². The highest BCUT2D eigenvalue weighted by molar-refractivity contribution is 7.80. The molecule has 1 fully saturated rings. The molecule has 152 valence electrons. The maximum atomic E-state index is 12.9. The summed E-state index contributed by atoms with van der Waals surface area (Å²) in [6.45, 7) is 4.00. The summed E-state index contributed by atoms with van der Waals surface area (Å²) in [5.41, 5.74) is 2.06. The summed E-state index contributed by atoms with van der Waals surface area (Å²) < 4.78 is 21.8.